The molecule has 12 heavy (non-hydrogen) atoms. The quantitative estimate of drug-likeness (QED) is 0.461. The molecule has 0 N–H and O–H groups in total. The first-order valence-corrected chi connectivity index (χ1v) is 5.72. The molecule has 1 unspecified atom stereocenters. The third-order valence-corrected chi connectivity index (χ3v) is 2.40. The van der Waals surface area contributed by atoms with Crippen LogP contribution in [0.15, 0.2) is 0 Å². The van der Waals surface area contributed by atoms with Crippen LogP contribution in [0.3, 0.4) is 0 Å². The average Bonchev–Trinajstić information content (AvgIpc) is 1.97. The summed E-state index contributed by atoms with van der Waals surface area (Å²) in [5.41, 5.74) is 0. The van der Waals surface area contributed by atoms with Crippen molar-refractivity contribution in [3.63, 3.8) is 0 Å². The van der Waals surface area contributed by atoms with Crippen molar-refractivity contribution in [1.29, 1.82) is 0 Å². The standard InChI is InChI=1S/C8H19O3P/c1-4-5-6-7-10-12(9)11-8(2)3/h8,12H,4-7H2,1-3H3. The van der Waals surface area contributed by atoms with Gasteiger partial charge in [-0.25, -0.2) is 0 Å². The Morgan fingerprint density at radius 1 is 1.33 bits per heavy atom. The minimum absolute atomic E-state index is 0.0115. The minimum Gasteiger partial charge on any atom is -0.311 e. The Morgan fingerprint density at radius 3 is 2.50 bits per heavy atom. The highest BCUT2D eigenvalue weighted by atomic mass is 31.1. The van der Waals surface area contributed by atoms with Crippen molar-refractivity contribution in [2.75, 3.05) is 6.61 Å². The fourth-order valence-corrected chi connectivity index (χ4v) is 1.50. The molecule has 0 bridgehead atoms. The molecular formula is C8H19O3P. The highest BCUT2D eigenvalue weighted by Crippen LogP contribution is 2.25. The van der Waals surface area contributed by atoms with Crippen LogP contribution in [0.4, 0.5) is 0 Å². The van der Waals surface area contributed by atoms with E-state index >= 15 is 0 Å². The summed E-state index contributed by atoms with van der Waals surface area (Å²) in [5, 5.41) is 0. The van der Waals surface area contributed by atoms with Crippen molar-refractivity contribution >= 4 is 8.25 Å². The second kappa shape index (κ2) is 7.78. The van der Waals surface area contributed by atoms with Crippen molar-refractivity contribution in [3.8, 4) is 0 Å². The normalized spacial score (nSPS) is 13.7. The van der Waals surface area contributed by atoms with Crippen molar-refractivity contribution in [3.05, 3.63) is 0 Å². The van der Waals surface area contributed by atoms with Gasteiger partial charge in [-0.3, -0.25) is 4.57 Å². The maximum atomic E-state index is 11.0. The molecule has 0 rings (SSSR count). The smallest absolute Gasteiger partial charge is 0.311 e. The van der Waals surface area contributed by atoms with E-state index in [9.17, 15) is 4.57 Å². The van der Waals surface area contributed by atoms with Gasteiger partial charge in [-0.05, 0) is 20.3 Å². The summed E-state index contributed by atoms with van der Waals surface area (Å²) in [6.45, 7) is 6.36. The third-order valence-electron chi connectivity index (χ3n) is 1.30. The maximum absolute atomic E-state index is 11.0. The van der Waals surface area contributed by atoms with Gasteiger partial charge in [0.05, 0.1) is 12.7 Å². The lowest BCUT2D eigenvalue weighted by atomic mass is 10.3. The largest absolute Gasteiger partial charge is 0.319 e. The third kappa shape index (κ3) is 8.25. The summed E-state index contributed by atoms with van der Waals surface area (Å²) >= 11 is 0. The van der Waals surface area contributed by atoms with Gasteiger partial charge < -0.3 is 9.05 Å². The average molecular weight is 194 g/mol. The van der Waals surface area contributed by atoms with Crippen LogP contribution in [0.1, 0.15) is 40.0 Å². The molecule has 0 radical (unpaired) electrons. The lowest BCUT2D eigenvalue weighted by Gasteiger charge is -2.07. The summed E-state index contributed by atoms with van der Waals surface area (Å²) in [6.07, 6.45) is 3.23. The number of hydrogen-bond acceptors (Lipinski definition) is 3. The maximum Gasteiger partial charge on any atom is 0.319 e. The molecule has 0 aromatic rings. The van der Waals surface area contributed by atoms with Gasteiger partial charge >= 0.3 is 8.25 Å². The van der Waals surface area contributed by atoms with Gasteiger partial charge in [0.25, 0.3) is 0 Å². The molecule has 0 saturated heterocycles. The molecular weight excluding hydrogens is 175 g/mol. The number of hydrogen-bond donors (Lipinski definition) is 0. The highest BCUT2D eigenvalue weighted by molar-refractivity contribution is 7.33. The van der Waals surface area contributed by atoms with Gasteiger partial charge in [0.2, 0.25) is 0 Å². The van der Waals surface area contributed by atoms with Gasteiger partial charge in [-0.15, -0.1) is 0 Å². The van der Waals surface area contributed by atoms with Crippen LogP contribution in [0.2, 0.25) is 0 Å². The SMILES string of the molecule is CCCCCO[PH](=O)OC(C)C. The molecule has 74 valence electrons. The van der Waals surface area contributed by atoms with Gasteiger partial charge in [-0.1, -0.05) is 19.8 Å². The molecule has 0 aliphatic carbocycles. The Kier molecular flexibility index (Phi) is 7.88. The van der Waals surface area contributed by atoms with E-state index in [1.54, 1.807) is 0 Å². The van der Waals surface area contributed by atoms with E-state index in [4.69, 9.17) is 9.05 Å². The highest BCUT2D eigenvalue weighted by Gasteiger charge is 2.01. The van der Waals surface area contributed by atoms with Crippen molar-refractivity contribution in [2.45, 2.75) is 46.1 Å². The molecule has 0 aliphatic heterocycles. The van der Waals surface area contributed by atoms with E-state index < -0.39 is 8.25 Å². The molecule has 0 fully saturated rings. The van der Waals surface area contributed by atoms with Crippen molar-refractivity contribution < 1.29 is 13.6 Å². The number of rotatable bonds is 7. The molecule has 0 aliphatic rings. The van der Waals surface area contributed by atoms with Crippen LogP contribution in [-0.4, -0.2) is 12.7 Å². The molecule has 4 heteroatoms. The van der Waals surface area contributed by atoms with Crippen molar-refractivity contribution in [1.82, 2.24) is 0 Å². The van der Waals surface area contributed by atoms with Gasteiger partial charge in [0, 0.05) is 0 Å². The molecule has 3 nitrogen and oxygen atoms in total. The molecule has 0 amide bonds. The van der Waals surface area contributed by atoms with Crippen LogP contribution in [0.5, 0.6) is 0 Å². The van der Waals surface area contributed by atoms with E-state index in [1.165, 1.54) is 0 Å². The van der Waals surface area contributed by atoms with Crippen molar-refractivity contribution in [2.24, 2.45) is 0 Å². The van der Waals surface area contributed by atoms with Crippen LogP contribution in [0.25, 0.3) is 0 Å². The molecule has 0 aromatic carbocycles. The van der Waals surface area contributed by atoms with Crippen LogP contribution in [0, 0.1) is 0 Å². The summed E-state index contributed by atoms with van der Waals surface area (Å²) in [6, 6.07) is 0. The lowest BCUT2D eigenvalue weighted by Crippen LogP contribution is -1.96. The Morgan fingerprint density at radius 2 is 2.00 bits per heavy atom. The topological polar surface area (TPSA) is 35.5 Å². The summed E-state index contributed by atoms with van der Waals surface area (Å²) in [5.74, 6) is 0. The van der Waals surface area contributed by atoms with E-state index in [2.05, 4.69) is 6.92 Å². The number of unbranched alkanes of at least 4 members (excludes halogenated alkanes) is 2. The molecule has 0 heterocycles. The Bertz CT molecular complexity index is 125. The fraction of sp³-hybridized carbons (Fsp3) is 1.00. The van der Waals surface area contributed by atoms with Gasteiger partial charge in [0.1, 0.15) is 0 Å². The lowest BCUT2D eigenvalue weighted by molar-refractivity contribution is 0.185. The van der Waals surface area contributed by atoms with E-state index in [-0.39, 0.29) is 6.10 Å². The fourth-order valence-electron chi connectivity index (χ4n) is 0.734. The second-order valence-corrected chi connectivity index (χ2v) is 4.00. The zero-order chi connectivity index (χ0) is 9.40. The van der Waals surface area contributed by atoms with Gasteiger partial charge in [0.15, 0.2) is 0 Å². The summed E-state index contributed by atoms with van der Waals surface area (Å²) < 4.78 is 20.9. The zero-order valence-corrected chi connectivity index (χ0v) is 9.13. The summed E-state index contributed by atoms with van der Waals surface area (Å²) in [7, 11) is -2.22. The molecule has 0 spiro atoms. The van der Waals surface area contributed by atoms with E-state index in [1.807, 2.05) is 13.8 Å². The minimum atomic E-state index is -2.22. The molecule has 1 atom stereocenters. The van der Waals surface area contributed by atoms with E-state index in [0.717, 1.165) is 19.3 Å². The molecule has 0 saturated carbocycles. The van der Waals surface area contributed by atoms with Crippen LogP contribution >= 0.6 is 8.25 Å². The monoisotopic (exact) mass is 194 g/mol. The second-order valence-electron chi connectivity index (χ2n) is 2.97. The first-order chi connectivity index (χ1) is 5.66. The molecule has 0 aromatic heterocycles. The first kappa shape index (κ1) is 12.2. The van der Waals surface area contributed by atoms with Crippen LogP contribution in [-0.2, 0) is 13.6 Å². The van der Waals surface area contributed by atoms with Crippen LogP contribution < -0.4 is 0 Å². The summed E-state index contributed by atoms with van der Waals surface area (Å²) in [4.78, 5) is 0. The Labute approximate surface area is 75.4 Å². The van der Waals surface area contributed by atoms with Gasteiger partial charge in [-0.2, -0.15) is 0 Å². The Hall–Kier alpha value is 0.150. The van der Waals surface area contributed by atoms with E-state index in [0.29, 0.717) is 6.61 Å². The zero-order valence-electron chi connectivity index (χ0n) is 8.13. The predicted molar refractivity (Wildman–Crippen MR) is 50.7 cm³/mol. The predicted octanol–water partition coefficient (Wildman–Crippen LogP) is 3.01. The first-order valence-electron chi connectivity index (χ1n) is 4.50. The Balaban J connectivity index is 3.20.